The molecule has 0 fully saturated rings. The molecule has 0 bridgehead atoms. The van der Waals surface area contributed by atoms with Crippen molar-refractivity contribution < 1.29 is 14.3 Å². The van der Waals surface area contributed by atoms with Crippen molar-refractivity contribution in [3.8, 4) is 0 Å². The van der Waals surface area contributed by atoms with E-state index in [4.69, 9.17) is 10.5 Å². The Hall–Kier alpha value is -2.01. The SMILES string of the molecule is CC[C@@H](CNCC(C)=Cc1ccc(F)cc1)C(=N)C(=O)O. The lowest BCUT2D eigenvalue weighted by Gasteiger charge is -2.14. The van der Waals surface area contributed by atoms with Gasteiger partial charge in [0.15, 0.2) is 0 Å². The lowest BCUT2D eigenvalue weighted by atomic mass is 10.0. The van der Waals surface area contributed by atoms with Gasteiger partial charge in [0.25, 0.3) is 0 Å². The van der Waals surface area contributed by atoms with Gasteiger partial charge >= 0.3 is 5.97 Å². The standard InChI is InChI=1S/C16H21FN2O2/c1-3-13(15(18)16(20)21)10-19-9-11(2)8-12-4-6-14(17)7-5-12/h4-8,13,18-19H,3,9-10H2,1-2H3,(H,20,21)/t13-/m0/s1. The normalized spacial score (nSPS) is 13.0. The van der Waals surface area contributed by atoms with Crippen LogP contribution in [0.5, 0.6) is 0 Å². The molecule has 0 spiro atoms. The first-order valence-electron chi connectivity index (χ1n) is 6.89. The number of rotatable bonds is 8. The van der Waals surface area contributed by atoms with Crippen molar-refractivity contribution in [2.75, 3.05) is 13.1 Å². The molecule has 114 valence electrons. The molecule has 5 heteroatoms. The molecule has 1 aromatic carbocycles. The monoisotopic (exact) mass is 292 g/mol. The summed E-state index contributed by atoms with van der Waals surface area (Å²) >= 11 is 0. The van der Waals surface area contributed by atoms with Crippen molar-refractivity contribution in [1.82, 2.24) is 5.32 Å². The number of aliphatic carboxylic acids is 1. The number of benzene rings is 1. The molecule has 0 amide bonds. The molecular weight excluding hydrogens is 271 g/mol. The molecule has 0 saturated carbocycles. The highest BCUT2D eigenvalue weighted by Crippen LogP contribution is 2.08. The van der Waals surface area contributed by atoms with E-state index in [1.807, 2.05) is 19.9 Å². The molecular formula is C16H21FN2O2. The van der Waals surface area contributed by atoms with Crippen LogP contribution < -0.4 is 5.32 Å². The highest BCUT2D eigenvalue weighted by Gasteiger charge is 2.18. The van der Waals surface area contributed by atoms with Crippen molar-refractivity contribution in [3.05, 3.63) is 41.2 Å². The minimum Gasteiger partial charge on any atom is -0.477 e. The fourth-order valence-corrected chi connectivity index (χ4v) is 1.96. The van der Waals surface area contributed by atoms with Crippen LogP contribution in [-0.2, 0) is 4.79 Å². The van der Waals surface area contributed by atoms with Crippen LogP contribution in [0.3, 0.4) is 0 Å². The minimum atomic E-state index is -1.16. The first-order valence-corrected chi connectivity index (χ1v) is 6.89. The Kier molecular flexibility index (Phi) is 6.75. The average molecular weight is 292 g/mol. The highest BCUT2D eigenvalue weighted by atomic mass is 19.1. The first kappa shape index (κ1) is 17.0. The molecule has 1 rings (SSSR count). The van der Waals surface area contributed by atoms with E-state index in [-0.39, 0.29) is 17.4 Å². The van der Waals surface area contributed by atoms with Crippen molar-refractivity contribution in [2.45, 2.75) is 20.3 Å². The number of halogens is 1. The third-order valence-electron chi connectivity index (χ3n) is 3.21. The topological polar surface area (TPSA) is 73.2 Å². The fourth-order valence-electron chi connectivity index (χ4n) is 1.96. The number of hydrogen-bond donors (Lipinski definition) is 3. The van der Waals surface area contributed by atoms with Crippen LogP contribution in [0, 0.1) is 17.1 Å². The maximum absolute atomic E-state index is 12.8. The van der Waals surface area contributed by atoms with Crippen molar-refractivity contribution in [1.29, 1.82) is 5.41 Å². The molecule has 0 radical (unpaired) electrons. The summed E-state index contributed by atoms with van der Waals surface area (Å²) in [5.74, 6) is -1.72. The van der Waals surface area contributed by atoms with Crippen LogP contribution in [0.1, 0.15) is 25.8 Å². The van der Waals surface area contributed by atoms with Crippen LogP contribution in [-0.4, -0.2) is 29.9 Å². The van der Waals surface area contributed by atoms with E-state index in [0.29, 0.717) is 19.5 Å². The summed E-state index contributed by atoms with van der Waals surface area (Å²) in [6, 6.07) is 6.23. The Morgan fingerprint density at radius 2 is 2.05 bits per heavy atom. The fraction of sp³-hybridized carbons (Fsp3) is 0.375. The molecule has 0 aliphatic rings. The van der Waals surface area contributed by atoms with Gasteiger partial charge < -0.3 is 10.4 Å². The molecule has 1 aromatic rings. The van der Waals surface area contributed by atoms with E-state index in [1.165, 1.54) is 12.1 Å². The van der Waals surface area contributed by atoms with Gasteiger partial charge in [0.2, 0.25) is 0 Å². The number of carboxylic acids is 1. The summed E-state index contributed by atoms with van der Waals surface area (Å²) in [6.45, 7) is 4.86. The Morgan fingerprint density at radius 1 is 1.43 bits per heavy atom. The summed E-state index contributed by atoms with van der Waals surface area (Å²) in [5, 5.41) is 19.5. The predicted molar refractivity (Wildman–Crippen MR) is 82.1 cm³/mol. The van der Waals surface area contributed by atoms with E-state index in [1.54, 1.807) is 12.1 Å². The summed E-state index contributed by atoms with van der Waals surface area (Å²) < 4.78 is 12.8. The Bertz CT molecular complexity index is 524. The van der Waals surface area contributed by atoms with Crippen LogP contribution in [0.15, 0.2) is 29.8 Å². The van der Waals surface area contributed by atoms with Gasteiger partial charge in [0.1, 0.15) is 11.5 Å². The summed E-state index contributed by atoms with van der Waals surface area (Å²) in [7, 11) is 0. The maximum Gasteiger partial charge on any atom is 0.349 e. The minimum absolute atomic E-state index is 0.259. The van der Waals surface area contributed by atoms with Crippen molar-refractivity contribution >= 4 is 17.8 Å². The van der Waals surface area contributed by atoms with Crippen LogP contribution >= 0.6 is 0 Å². The highest BCUT2D eigenvalue weighted by molar-refractivity contribution is 6.35. The largest absolute Gasteiger partial charge is 0.477 e. The molecule has 0 heterocycles. The number of nitrogens with one attached hydrogen (secondary N) is 2. The zero-order chi connectivity index (χ0) is 15.8. The third-order valence-corrected chi connectivity index (χ3v) is 3.21. The van der Waals surface area contributed by atoms with Gasteiger partial charge in [-0.1, -0.05) is 30.7 Å². The Balaban J connectivity index is 2.49. The number of carbonyl (C=O) groups is 1. The molecule has 21 heavy (non-hydrogen) atoms. The van der Waals surface area contributed by atoms with Gasteiger partial charge in [-0.25, -0.2) is 9.18 Å². The van der Waals surface area contributed by atoms with Gasteiger partial charge in [-0.3, -0.25) is 5.41 Å². The Labute approximate surface area is 124 Å². The molecule has 0 aliphatic heterocycles. The third kappa shape index (κ3) is 5.87. The smallest absolute Gasteiger partial charge is 0.349 e. The molecule has 3 N–H and O–H groups in total. The molecule has 0 unspecified atom stereocenters. The van der Waals surface area contributed by atoms with Gasteiger partial charge in [-0.15, -0.1) is 0 Å². The average Bonchev–Trinajstić information content (AvgIpc) is 2.45. The lowest BCUT2D eigenvalue weighted by molar-refractivity contribution is -0.129. The second kappa shape index (κ2) is 8.32. The Morgan fingerprint density at radius 3 is 2.57 bits per heavy atom. The molecule has 0 saturated heterocycles. The lowest BCUT2D eigenvalue weighted by Crippen LogP contribution is -2.32. The quantitative estimate of drug-likeness (QED) is 0.645. The van der Waals surface area contributed by atoms with Crippen LogP contribution in [0.25, 0.3) is 6.08 Å². The van der Waals surface area contributed by atoms with Gasteiger partial charge in [0.05, 0.1) is 0 Å². The number of carboxylic acid groups (broad SMARTS) is 1. The van der Waals surface area contributed by atoms with Crippen molar-refractivity contribution in [3.63, 3.8) is 0 Å². The first-order chi connectivity index (χ1) is 9.93. The van der Waals surface area contributed by atoms with Gasteiger partial charge in [-0.05, 0) is 31.0 Å². The maximum atomic E-state index is 12.8. The van der Waals surface area contributed by atoms with E-state index < -0.39 is 5.97 Å². The van der Waals surface area contributed by atoms with Gasteiger partial charge in [-0.2, -0.15) is 0 Å². The zero-order valence-corrected chi connectivity index (χ0v) is 12.3. The van der Waals surface area contributed by atoms with Crippen LogP contribution in [0.2, 0.25) is 0 Å². The molecule has 0 aliphatic carbocycles. The molecule has 1 atom stereocenters. The zero-order valence-electron chi connectivity index (χ0n) is 12.3. The number of hydrogen-bond acceptors (Lipinski definition) is 3. The second-order valence-electron chi connectivity index (χ2n) is 5.00. The second-order valence-corrected chi connectivity index (χ2v) is 5.00. The van der Waals surface area contributed by atoms with Crippen molar-refractivity contribution in [2.24, 2.45) is 5.92 Å². The van der Waals surface area contributed by atoms with Gasteiger partial charge in [0, 0.05) is 19.0 Å². The summed E-state index contributed by atoms with van der Waals surface area (Å²) in [4.78, 5) is 10.8. The van der Waals surface area contributed by atoms with E-state index in [9.17, 15) is 9.18 Å². The summed E-state index contributed by atoms with van der Waals surface area (Å²) in [6.07, 6.45) is 2.55. The van der Waals surface area contributed by atoms with E-state index in [2.05, 4.69) is 5.32 Å². The van der Waals surface area contributed by atoms with E-state index >= 15 is 0 Å². The predicted octanol–water partition coefficient (Wildman–Crippen LogP) is 2.95. The summed E-state index contributed by atoms with van der Waals surface area (Å²) in [5.41, 5.74) is 1.71. The molecule has 0 aromatic heterocycles. The van der Waals surface area contributed by atoms with E-state index in [0.717, 1.165) is 11.1 Å². The molecule has 4 nitrogen and oxygen atoms in total. The van der Waals surface area contributed by atoms with Crippen LogP contribution in [0.4, 0.5) is 4.39 Å².